The normalized spacial score (nSPS) is 14.0. The van der Waals surface area contributed by atoms with E-state index >= 15 is 0 Å². The highest BCUT2D eigenvalue weighted by Crippen LogP contribution is 2.07. The Labute approximate surface area is 135 Å². The number of primary amides is 2. The summed E-state index contributed by atoms with van der Waals surface area (Å²) in [6, 6.07) is 0. The molecule has 0 atom stereocenters. The third-order valence-electron chi connectivity index (χ3n) is 3.55. The van der Waals surface area contributed by atoms with Gasteiger partial charge in [-0.3, -0.25) is 9.59 Å². The van der Waals surface area contributed by atoms with Crippen molar-refractivity contribution in [1.82, 2.24) is 11.5 Å². The van der Waals surface area contributed by atoms with Crippen LogP contribution < -0.4 is 22.9 Å². The van der Waals surface area contributed by atoms with Gasteiger partial charge in [-0.1, -0.05) is 38.5 Å². The standard InChI is InChI=1S/C10H20N2O2.C6H13N.H3N/c11-9(13)7-5-3-1-2-4-6-8-10(12)14;1-2-4-6-7-5-3-1;/h1-8H2,(H2,11,13)(H2,12,14);7H,1-6H2;1H3. The van der Waals surface area contributed by atoms with Crippen LogP contribution in [0.2, 0.25) is 0 Å². The van der Waals surface area contributed by atoms with Crippen LogP contribution in [0.4, 0.5) is 0 Å². The molecule has 1 aliphatic heterocycles. The van der Waals surface area contributed by atoms with Crippen LogP contribution in [-0.2, 0) is 9.59 Å². The second kappa shape index (κ2) is 17.9. The second-order valence-electron chi connectivity index (χ2n) is 5.72. The lowest BCUT2D eigenvalue weighted by molar-refractivity contribution is -0.119. The molecule has 2 amide bonds. The number of nitrogens with one attached hydrogen (secondary N) is 1. The fourth-order valence-electron chi connectivity index (χ4n) is 2.28. The molecular weight excluding hydrogens is 280 g/mol. The molecule has 1 fully saturated rings. The number of nitrogens with two attached hydrogens (primary N) is 2. The fourth-order valence-corrected chi connectivity index (χ4v) is 2.28. The van der Waals surface area contributed by atoms with Gasteiger partial charge in [0, 0.05) is 12.8 Å². The summed E-state index contributed by atoms with van der Waals surface area (Å²) in [5.74, 6) is -0.447. The van der Waals surface area contributed by atoms with Crippen molar-refractivity contribution in [2.75, 3.05) is 13.1 Å². The molecule has 1 heterocycles. The van der Waals surface area contributed by atoms with Crippen LogP contribution in [0.15, 0.2) is 0 Å². The molecule has 6 heteroatoms. The summed E-state index contributed by atoms with van der Waals surface area (Å²) < 4.78 is 0. The molecule has 1 saturated heterocycles. The first-order valence-corrected chi connectivity index (χ1v) is 8.40. The van der Waals surface area contributed by atoms with Gasteiger partial charge >= 0.3 is 0 Å². The van der Waals surface area contributed by atoms with E-state index in [0.717, 1.165) is 38.5 Å². The lowest BCUT2D eigenvalue weighted by Gasteiger charge is -1.99. The van der Waals surface area contributed by atoms with Gasteiger partial charge in [0.2, 0.25) is 11.8 Å². The van der Waals surface area contributed by atoms with Crippen LogP contribution in [0.3, 0.4) is 0 Å². The van der Waals surface area contributed by atoms with Crippen molar-refractivity contribution >= 4 is 11.8 Å². The first-order chi connectivity index (χ1) is 10.1. The highest BCUT2D eigenvalue weighted by atomic mass is 16.1. The monoisotopic (exact) mass is 316 g/mol. The number of unbranched alkanes of at least 4 members (excludes halogenated alkanes) is 5. The Kier molecular flexibility index (Phi) is 18.8. The average Bonchev–Trinajstić information content (AvgIpc) is 2.74. The molecular formula is C16H36N4O2. The summed E-state index contributed by atoms with van der Waals surface area (Å²) in [6.45, 7) is 2.50. The van der Waals surface area contributed by atoms with Gasteiger partial charge in [0.15, 0.2) is 0 Å². The molecule has 0 bridgehead atoms. The van der Waals surface area contributed by atoms with E-state index in [0.29, 0.717) is 12.8 Å². The van der Waals surface area contributed by atoms with Crippen molar-refractivity contribution in [3.05, 3.63) is 0 Å². The maximum atomic E-state index is 10.4. The van der Waals surface area contributed by atoms with E-state index in [9.17, 15) is 9.59 Å². The largest absolute Gasteiger partial charge is 0.370 e. The molecule has 0 spiro atoms. The zero-order chi connectivity index (χ0) is 15.8. The summed E-state index contributed by atoms with van der Waals surface area (Å²) in [5, 5.41) is 3.35. The lowest BCUT2D eigenvalue weighted by Crippen LogP contribution is -2.12. The first kappa shape index (κ1) is 23.1. The first-order valence-electron chi connectivity index (χ1n) is 8.40. The molecule has 1 rings (SSSR count). The highest BCUT2D eigenvalue weighted by molar-refractivity contribution is 5.73. The van der Waals surface area contributed by atoms with Crippen LogP contribution in [-0.4, -0.2) is 24.9 Å². The van der Waals surface area contributed by atoms with E-state index in [1.165, 1.54) is 38.8 Å². The molecule has 0 aliphatic carbocycles. The third-order valence-corrected chi connectivity index (χ3v) is 3.55. The van der Waals surface area contributed by atoms with E-state index in [-0.39, 0.29) is 18.0 Å². The smallest absolute Gasteiger partial charge is 0.217 e. The molecule has 0 aromatic heterocycles. The predicted octanol–water partition coefficient (Wildman–Crippen LogP) is 2.39. The van der Waals surface area contributed by atoms with E-state index in [1.54, 1.807) is 0 Å². The van der Waals surface area contributed by atoms with E-state index < -0.39 is 0 Å². The Balaban J connectivity index is 0. The van der Waals surface area contributed by atoms with Gasteiger partial charge in [-0.25, -0.2) is 0 Å². The van der Waals surface area contributed by atoms with Crippen LogP contribution in [0, 0.1) is 0 Å². The SMILES string of the molecule is C1CCCNCC1.N.NC(=O)CCCCCCCCC(N)=O. The van der Waals surface area contributed by atoms with Gasteiger partial charge in [-0.05, 0) is 38.8 Å². The van der Waals surface area contributed by atoms with Gasteiger partial charge in [0.25, 0.3) is 0 Å². The molecule has 132 valence electrons. The summed E-state index contributed by atoms with van der Waals surface area (Å²) in [4.78, 5) is 20.8. The molecule has 0 saturated carbocycles. The number of carbonyl (C=O) groups is 2. The van der Waals surface area contributed by atoms with Crippen molar-refractivity contribution in [3.8, 4) is 0 Å². The van der Waals surface area contributed by atoms with Gasteiger partial charge in [0.1, 0.15) is 0 Å². The second-order valence-corrected chi connectivity index (χ2v) is 5.72. The summed E-state index contributed by atoms with van der Waals surface area (Å²) in [6.07, 6.45) is 12.7. The maximum absolute atomic E-state index is 10.4. The minimum Gasteiger partial charge on any atom is -0.370 e. The summed E-state index contributed by atoms with van der Waals surface area (Å²) in [5.41, 5.74) is 10.00. The van der Waals surface area contributed by atoms with Crippen molar-refractivity contribution in [3.63, 3.8) is 0 Å². The molecule has 22 heavy (non-hydrogen) atoms. The molecule has 0 radical (unpaired) electrons. The predicted molar refractivity (Wildman–Crippen MR) is 91.7 cm³/mol. The Morgan fingerprint density at radius 1 is 0.682 bits per heavy atom. The van der Waals surface area contributed by atoms with Crippen LogP contribution >= 0.6 is 0 Å². The summed E-state index contributed by atoms with van der Waals surface area (Å²) in [7, 11) is 0. The Morgan fingerprint density at radius 2 is 1.05 bits per heavy atom. The zero-order valence-electron chi connectivity index (χ0n) is 14.1. The molecule has 1 aliphatic rings. The number of hydrogen-bond donors (Lipinski definition) is 4. The zero-order valence-corrected chi connectivity index (χ0v) is 14.1. The molecule has 0 unspecified atom stereocenters. The van der Waals surface area contributed by atoms with E-state index in [1.807, 2.05) is 0 Å². The molecule has 0 aromatic carbocycles. The minimum absolute atomic E-state index is 0. The number of rotatable bonds is 9. The fraction of sp³-hybridized carbons (Fsp3) is 0.875. The van der Waals surface area contributed by atoms with Crippen molar-refractivity contribution in [1.29, 1.82) is 0 Å². The Hall–Kier alpha value is -1.14. The van der Waals surface area contributed by atoms with Gasteiger partial charge in [-0.15, -0.1) is 0 Å². The van der Waals surface area contributed by atoms with Gasteiger partial charge in [0.05, 0.1) is 0 Å². The molecule has 8 N–H and O–H groups in total. The van der Waals surface area contributed by atoms with Crippen LogP contribution in [0.25, 0.3) is 0 Å². The quantitative estimate of drug-likeness (QED) is 0.486. The molecule has 0 aromatic rings. The average molecular weight is 316 g/mol. The minimum atomic E-state index is -0.223. The van der Waals surface area contributed by atoms with Gasteiger partial charge in [-0.2, -0.15) is 0 Å². The van der Waals surface area contributed by atoms with Crippen molar-refractivity contribution < 1.29 is 9.59 Å². The van der Waals surface area contributed by atoms with Crippen molar-refractivity contribution in [2.45, 2.75) is 77.0 Å². The van der Waals surface area contributed by atoms with Crippen LogP contribution in [0.1, 0.15) is 77.0 Å². The topological polar surface area (TPSA) is 133 Å². The number of hydrogen-bond acceptors (Lipinski definition) is 4. The number of amides is 2. The highest BCUT2D eigenvalue weighted by Gasteiger charge is 1.96. The number of carbonyl (C=O) groups excluding carboxylic acids is 2. The Morgan fingerprint density at radius 3 is 1.41 bits per heavy atom. The lowest BCUT2D eigenvalue weighted by atomic mass is 10.1. The molecule has 6 nitrogen and oxygen atoms in total. The van der Waals surface area contributed by atoms with Gasteiger partial charge < -0.3 is 22.9 Å². The van der Waals surface area contributed by atoms with Crippen LogP contribution in [0.5, 0.6) is 0 Å². The Bertz CT molecular complexity index is 233. The van der Waals surface area contributed by atoms with E-state index in [4.69, 9.17) is 11.5 Å². The maximum Gasteiger partial charge on any atom is 0.217 e. The summed E-state index contributed by atoms with van der Waals surface area (Å²) >= 11 is 0. The van der Waals surface area contributed by atoms with E-state index in [2.05, 4.69) is 5.32 Å². The third kappa shape index (κ3) is 21.2. The van der Waals surface area contributed by atoms with Crippen molar-refractivity contribution in [2.24, 2.45) is 11.5 Å².